The summed E-state index contributed by atoms with van der Waals surface area (Å²) in [7, 11) is -3.68. The Labute approximate surface area is 109 Å². The Bertz CT molecular complexity index is 841. The van der Waals surface area contributed by atoms with Crippen molar-refractivity contribution in [2.24, 2.45) is 0 Å². The van der Waals surface area contributed by atoms with Gasteiger partial charge in [-0.2, -0.15) is 4.39 Å². The first-order chi connectivity index (χ1) is 9.09. The standard InChI is InChI=1S/C13H9FN2O2S/c14-13-7-6-12-11(15-13)8-9-16(12)19(17,18)10-4-2-1-3-5-10/h1-9H. The van der Waals surface area contributed by atoms with Gasteiger partial charge in [0.2, 0.25) is 5.95 Å². The van der Waals surface area contributed by atoms with Crippen LogP contribution in [-0.4, -0.2) is 17.4 Å². The summed E-state index contributed by atoms with van der Waals surface area (Å²) in [6.45, 7) is 0. The molecule has 0 amide bonds. The third kappa shape index (κ3) is 1.90. The van der Waals surface area contributed by atoms with E-state index < -0.39 is 16.0 Å². The normalized spacial score (nSPS) is 11.8. The van der Waals surface area contributed by atoms with Crippen LogP contribution in [0.2, 0.25) is 0 Å². The molecule has 0 spiro atoms. The van der Waals surface area contributed by atoms with Crippen molar-refractivity contribution in [3.8, 4) is 0 Å². The van der Waals surface area contributed by atoms with Crippen LogP contribution in [0.4, 0.5) is 4.39 Å². The zero-order chi connectivity index (χ0) is 13.5. The molecule has 0 unspecified atom stereocenters. The molecular formula is C13H9FN2O2S. The fourth-order valence-corrected chi connectivity index (χ4v) is 3.25. The number of halogens is 1. The molecule has 0 fully saturated rings. The number of hydrogen-bond acceptors (Lipinski definition) is 3. The first-order valence-electron chi connectivity index (χ1n) is 5.53. The number of nitrogens with zero attached hydrogens (tertiary/aromatic N) is 2. The van der Waals surface area contributed by atoms with Crippen molar-refractivity contribution >= 4 is 21.1 Å². The predicted molar refractivity (Wildman–Crippen MR) is 68.7 cm³/mol. The smallest absolute Gasteiger partial charge is 0.240 e. The van der Waals surface area contributed by atoms with Crippen LogP contribution in [-0.2, 0) is 10.0 Å². The van der Waals surface area contributed by atoms with E-state index >= 15 is 0 Å². The molecule has 0 radical (unpaired) electrons. The van der Waals surface area contributed by atoms with E-state index in [1.54, 1.807) is 18.2 Å². The van der Waals surface area contributed by atoms with E-state index in [9.17, 15) is 12.8 Å². The lowest BCUT2D eigenvalue weighted by molar-refractivity contribution is 0.586. The van der Waals surface area contributed by atoms with Gasteiger partial charge in [0.15, 0.2) is 0 Å². The summed E-state index contributed by atoms with van der Waals surface area (Å²) in [5.41, 5.74) is 0.657. The van der Waals surface area contributed by atoms with Gasteiger partial charge in [0.25, 0.3) is 10.0 Å². The second-order valence-corrected chi connectivity index (χ2v) is 5.78. The first kappa shape index (κ1) is 11.9. The number of benzene rings is 1. The van der Waals surface area contributed by atoms with Crippen molar-refractivity contribution < 1.29 is 12.8 Å². The molecule has 2 aromatic heterocycles. The minimum atomic E-state index is -3.68. The predicted octanol–water partition coefficient (Wildman–Crippen LogP) is 2.41. The van der Waals surface area contributed by atoms with E-state index in [-0.39, 0.29) is 4.90 Å². The van der Waals surface area contributed by atoms with Crippen LogP contribution in [0.3, 0.4) is 0 Å². The second-order valence-electron chi connectivity index (χ2n) is 3.97. The Morgan fingerprint density at radius 1 is 1.00 bits per heavy atom. The highest BCUT2D eigenvalue weighted by Crippen LogP contribution is 2.20. The number of rotatable bonds is 2. The summed E-state index contributed by atoms with van der Waals surface area (Å²) < 4.78 is 39.0. The minimum absolute atomic E-state index is 0.178. The molecule has 0 atom stereocenters. The van der Waals surface area contributed by atoms with Crippen LogP contribution in [0.15, 0.2) is 59.6 Å². The lowest BCUT2D eigenvalue weighted by Gasteiger charge is -2.06. The number of aromatic nitrogens is 2. The molecule has 3 rings (SSSR count). The lowest BCUT2D eigenvalue weighted by Crippen LogP contribution is -2.11. The van der Waals surface area contributed by atoms with Gasteiger partial charge in [-0.05, 0) is 30.3 Å². The van der Waals surface area contributed by atoms with Crippen molar-refractivity contribution in [2.45, 2.75) is 4.90 Å². The maximum Gasteiger partial charge on any atom is 0.268 e. The van der Waals surface area contributed by atoms with Crippen molar-refractivity contribution in [1.29, 1.82) is 0 Å². The Morgan fingerprint density at radius 2 is 1.74 bits per heavy atom. The van der Waals surface area contributed by atoms with Gasteiger partial charge in [0.05, 0.1) is 15.9 Å². The Balaban J connectivity index is 2.25. The fourth-order valence-electron chi connectivity index (χ4n) is 1.89. The highest BCUT2D eigenvalue weighted by Gasteiger charge is 2.18. The van der Waals surface area contributed by atoms with Gasteiger partial charge in [0.1, 0.15) is 0 Å². The highest BCUT2D eigenvalue weighted by molar-refractivity contribution is 7.90. The van der Waals surface area contributed by atoms with Gasteiger partial charge in [-0.1, -0.05) is 18.2 Å². The summed E-state index contributed by atoms with van der Waals surface area (Å²) in [4.78, 5) is 3.83. The number of pyridine rings is 1. The summed E-state index contributed by atoms with van der Waals surface area (Å²) >= 11 is 0. The highest BCUT2D eigenvalue weighted by atomic mass is 32.2. The second kappa shape index (κ2) is 4.17. The molecule has 4 nitrogen and oxygen atoms in total. The maximum atomic E-state index is 13.0. The van der Waals surface area contributed by atoms with Gasteiger partial charge >= 0.3 is 0 Å². The van der Waals surface area contributed by atoms with Gasteiger partial charge < -0.3 is 0 Å². The van der Waals surface area contributed by atoms with Crippen LogP contribution in [0, 0.1) is 5.95 Å². The molecule has 0 aliphatic carbocycles. The molecule has 0 saturated heterocycles. The molecule has 2 heterocycles. The van der Waals surface area contributed by atoms with Crippen LogP contribution >= 0.6 is 0 Å². The maximum absolute atomic E-state index is 13.0. The SMILES string of the molecule is O=S(=O)(c1ccccc1)n1ccc2nc(F)ccc21. The van der Waals surface area contributed by atoms with E-state index in [1.165, 1.54) is 30.5 Å². The average molecular weight is 276 g/mol. The van der Waals surface area contributed by atoms with Crippen molar-refractivity contribution in [1.82, 2.24) is 8.96 Å². The molecule has 3 aromatic rings. The molecule has 0 aliphatic heterocycles. The van der Waals surface area contributed by atoms with Crippen LogP contribution in [0.5, 0.6) is 0 Å². The molecule has 0 N–H and O–H groups in total. The van der Waals surface area contributed by atoms with Gasteiger partial charge in [-0.15, -0.1) is 0 Å². The molecule has 6 heteroatoms. The van der Waals surface area contributed by atoms with Crippen LogP contribution < -0.4 is 0 Å². The summed E-state index contributed by atoms with van der Waals surface area (Å²) in [5, 5.41) is 0. The molecule has 19 heavy (non-hydrogen) atoms. The summed E-state index contributed by atoms with van der Waals surface area (Å²) in [5.74, 6) is -0.637. The molecule has 1 aromatic carbocycles. The van der Waals surface area contributed by atoms with E-state index in [2.05, 4.69) is 4.98 Å². The molecule has 0 saturated carbocycles. The summed E-state index contributed by atoms with van der Waals surface area (Å²) in [6.07, 6.45) is 1.37. The third-order valence-corrected chi connectivity index (χ3v) is 4.48. The topological polar surface area (TPSA) is 52.0 Å². The minimum Gasteiger partial charge on any atom is -0.240 e. The zero-order valence-corrected chi connectivity index (χ0v) is 10.5. The Morgan fingerprint density at radius 3 is 2.47 bits per heavy atom. The van der Waals surface area contributed by atoms with Crippen molar-refractivity contribution in [3.63, 3.8) is 0 Å². The molecule has 0 bridgehead atoms. The van der Waals surface area contributed by atoms with E-state index in [1.807, 2.05) is 0 Å². The van der Waals surface area contributed by atoms with Crippen molar-refractivity contribution in [3.05, 3.63) is 60.7 Å². The quantitative estimate of drug-likeness (QED) is 0.675. The van der Waals surface area contributed by atoms with Crippen LogP contribution in [0.25, 0.3) is 11.0 Å². The largest absolute Gasteiger partial charge is 0.268 e. The molecular weight excluding hydrogens is 267 g/mol. The lowest BCUT2D eigenvalue weighted by atomic mass is 10.4. The van der Waals surface area contributed by atoms with Gasteiger partial charge in [-0.3, -0.25) is 0 Å². The van der Waals surface area contributed by atoms with Crippen molar-refractivity contribution in [2.75, 3.05) is 0 Å². The van der Waals surface area contributed by atoms with Gasteiger partial charge in [0, 0.05) is 6.20 Å². The zero-order valence-electron chi connectivity index (χ0n) is 9.69. The Hall–Kier alpha value is -2.21. The number of fused-ring (bicyclic) bond motifs is 1. The van der Waals surface area contributed by atoms with E-state index in [0.717, 1.165) is 10.0 Å². The fraction of sp³-hybridized carbons (Fsp3) is 0. The molecule has 0 aliphatic rings. The summed E-state index contributed by atoms with van der Waals surface area (Å²) in [6, 6.07) is 12.1. The molecule has 96 valence electrons. The Kier molecular flexibility index (Phi) is 2.60. The van der Waals surface area contributed by atoms with E-state index in [4.69, 9.17) is 0 Å². The van der Waals surface area contributed by atoms with E-state index in [0.29, 0.717) is 11.0 Å². The number of hydrogen-bond donors (Lipinski definition) is 0. The van der Waals surface area contributed by atoms with Crippen LogP contribution in [0.1, 0.15) is 0 Å². The van der Waals surface area contributed by atoms with Gasteiger partial charge in [-0.25, -0.2) is 17.4 Å². The third-order valence-electron chi connectivity index (χ3n) is 2.77. The monoisotopic (exact) mass is 276 g/mol. The first-order valence-corrected chi connectivity index (χ1v) is 6.97. The average Bonchev–Trinajstić information content (AvgIpc) is 2.83.